The number of nitrogens with one attached hydrogen (secondary N) is 2. The molecule has 3 rings (SSSR count). The number of rotatable bonds is 10. The van der Waals surface area contributed by atoms with E-state index in [4.69, 9.17) is 4.74 Å². The van der Waals surface area contributed by atoms with E-state index in [-0.39, 0.29) is 10.8 Å². The fourth-order valence-corrected chi connectivity index (χ4v) is 4.56. The molecule has 1 amide bonds. The fourth-order valence-electron chi connectivity index (χ4n) is 3.18. The molecule has 3 aromatic rings. The predicted octanol–water partition coefficient (Wildman–Crippen LogP) is 5.21. The second-order valence-corrected chi connectivity index (χ2v) is 9.50. The molecule has 8 heteroatoms. The van der Waals surface area contributed by atoms with E-state index in [1.165, 1.54) is 6.20 Å². The van der Waals surface area contributed by atoms with Gasteiger partial charge in [-0.1, -0.05) is 31.9 Å². The molecule has 2 aromatic carbocycles. The first-order chi connectivity index (χ1) is 15.8. The summed E-state index contributed by atoms with van der Waals surface area (Å²) >= 11 is 0. The second-order valence-electron chi connectivity index (χ2n) is 7.85. The molecule has 0 saturated carbocycles. The second kappa shape index (κ2) is 11.0. The van der Waals surface area contributed by atoms with Crippen molar-refractivity contribution in [1.29, 1.82) is 0 Å². The molecular formula is C25H29N3O4S. The van der Waals surface area contributed by atoms with Gasteiger partial charge in [-0.15, -0.1) is 0 Å². The summed E-state index contributed by atoms with van der Waals surface area (Å²) in [6, 6.07) is 15.2. The van der Waals surface area contributed by atoms with E-state index in [0.29, 0.717) is 35.0 Å². The van der Waals surface area contributed by atoms with E-state index in [9.17, 15) is 13.2 Å². The smallest absolute Gasteiger partial charge is 0.262 e. The Labute approximate surface area is 195 Å². The van der Waals surface area contributed by atoms with Gasteiger partial charge in [0.2, 0.25) is 5.88 Å². The summed E-state index contributed by atoms with van der Waals surface area (Å²) in [6.45, 7) is 6.38. The minimum atomic E-state index is -3.73. The average Bonchev–Trinajstić information content (AvgIpc) is 2.80. The van der Waals surface area contributed by atoms with Crippen molar-refractivity contribution in [1.82, 2.24) is 10.3 Å². The van der Waals surface area contributed by atoms with Gasteiger partial charge in [0.25, 0.3) is 15.9 Å². The summed E-state index contributed by atoms with van der Waals surface area (Å²) in [7, 11) is -3.73. The first-order valence-electron chi connectivity index (χ1n) is 10.9. The van der Waals surface area contributed by atoms with Crippen LogP contribution in [0, 0.1) is 13.8 Å². The molecule has 0 atom stereocenters. The molecule has 1 heterocycles. The third kappa shape index (κ3) is 6.79. The van der Waals surface area contributed by atoms with Gasteiger partial charge in [0, 0.05) is 18.2 Å². The monoisotopic (exact) mass is 467 g/mol. The maximum absolute atomic E-state index is 12.7. The van der Waals surface area contributed by atoms with Crippen LogP contribution in [-0.2, 0) is 10.0 Å². The van der Waals surface area contributed by atoms with Gasteiger partial charge in [0.15, 0.2) is 0 Å². The molecule has 0 fully saturated rings. The summed E-state index contributed by atoms with van der Waals surface area (Å²) in [4.78, 5) is 16.6. The average molecular weight is 468 g/mol. The van der Waals surface area contributed by atoms with Crippen LogP contribution in [-0.4, -0.2) is 25.9 Å². The zero-order chi connectivity index (χ0) is 23.8. The topological polar surface area (TPSA) is 97.4 Å². The van der Waals surface area contributed by atoms with E-state index in [2.05, 4.69) is 21.9 Å². The van der Waals surface area contributed by atoms with Crippen molar-refractivity contribution in [2.75, 3.05) is 11.3 Å². The standard InChI is InChI=1S/C25H29N3O4S/c1-4-5-6-15-26-25(29)20-9-12-22(13-10-20)32-24-14-11-21(17-27-24)28-33(30,31)23-16-18(2)7-8-19(23)3/h7-14,16-17,28H,4-6,15H2,1-3H3,(H,26,29). The highest BCUT2D eigenvalue weighted by Crippen LogP contribution is 2.23. The van der Waals surface area contributed by atoms with Crippen LogP contribution in [0.1, 0.15) is 47.7 Å². The molecule has 0 aliphatic heterocycles. The Kier molecular flexibility index (Phi) is 8.06. The highest BCUT2D eigenvalue weighted by atomic mass is 32.2. The number of pyridine rings is 1. The quantitative estimate of drug-likeness (QED) is 0.399. The van der Waals surface area contributed by atoms with Crippen LogP contribution in [0.3, 0.4) is 0 Å². The zero-order valence-corrected chi connectivity index (χ0v) is 19.9. The summed E-state index contributed by atoms with van der Waals surface area (Å²) in [5, 5.41) is 2.90. The summed E-state index contributed by atoms with van der Waals surface area (Å²) in [6.07, 6.45) is 4.56. The van der Waals surface area contributed by atoms with E-state index in [1.54, 1.807) is 55.5 Å². The number of ether oxygens (including phenoxy) is 1. The Hall–Kier alpha value is -3.39. The Morgan fingerprint density at radius 3 is 2.42 bits per heavy atom. The number of nitrogens with zero attached hydrogens (tertiary/aromatic N) is 1. The Balaban J connectivity index is 1.60. The first kappa shape index (κ1) is 24.3. The Morgan fingerprint density at radius 2 is 1.76 bits per heavy atom. The lowest BCUT2D eigenvalue weighted by atomic mass is 10.2. The largest absolute Gasteiger partial charge is 0.439 e. The van der Waals surface area contributed by atoms with Gasteiger partial charge in [0.05, 0.1) is 16.8 Å². The maximum atomic E-state index is 12.7. The molecule has 0 aliphatic rings. The molecule has 0 spiro atoms. The van der Waals surface area contributed by atoms with Crippen molar-refractivity contribution >= 4 is 21.6 Å². The minimum Gasteiger partial charge on any atom is -0.439 e. The Bertz CT molecular complexity index is 1190. The van der Waals surface area contributed by atoms with Crippen molar-refractivity contribution in [2.45, 2.75) is 44.9 Å². The van der Waals surface area contributed by atoms with E-state index in [1.807, 2.05) is 13.0 Å². The summed E-state index contributed by atoms with van der Waals surface area (Å²) in [5.74, 6) is 0.714. The third-order valence-electron chi connectivity index (χ3n) is 5.03. The highest BCUT2D eigenvalue weighted by Gasteiger charge is 2.17. The Morgan fingerprint density at radius 1 is 1.00 bits per heavy atom. The normalized spacial score (nSPS) is 11.1. The van der Waals surface area contributed by atoms with Crippen molar-refractivity contribution in [2.24, 2.45) is 0 Å². The highest BCUT2D eigenvalue weighted by molar-refractivity contribution is 7.92. The number of aryl methyl sites for hydroxylation is 2. The molecule has 0 saturated heterocycles. The zero-order valence-electron chi connectivity index (χ0n) is 19.1. The molecule has 0 bridgehead atoms. The van der Waals surface area contributed by atoms with Crippen molar-refractivity contribution < 1.29 is 17.9 Å². The molecular weight excluding hydrogens is 438 g/mol. The first-order valence-corrected chi connectivity index (χ1v) is 12.4. The van der Waals surface area contributed by atoms with Crippen LogP contribution >= 0.6 is 0 Å². The number of hydrogen-bond donors (Lipinski definition) is 2. The number of unbranched alkanes of at least 4 members (excludes halogenated alkanes) is 2. The fraction of sp³-hybridized carbons (Fsp3) is 0.280. The number of amides is 1. The van der Waals surface area contributed by atoms with Gasteiger partial charge < -0.3 is 10.1 Å². The van der Waals surface area contributed by atoms with Gasteiger partial charge in [-0.05, 0) is 67.8 Å². The molecule has 0 aliphatic carbocycles. The van der Waals surface area contributed by atoms with Crippen molar-refractivity contribution in [3.8, 4) is 11.6 Å². The number of anilines is 1. The van der Waals surface area contributed by atoms with E-state index in [0.717, 1.165) is 24.8 Å². The van der Waals surface area contributed by atoms with Crippen LogP contribution in [0.5, 0.6) is 11.6 Å². The third-order valence-corrected chi connectivity index (χ3v) is 6.55. The van der Waals surface area contributed by atoms with Gasteiger partial charge >= 0.3 is 0 Å². The van der Waals surface area contributed by atoms with Gasteiger partial charge in [0.1, 0.15) is 5.75 Å². The van der Waals surface area contributed by atoms with E-state index >= 15 is 0 Å². The number of benzene rings is 2. The van der Waals surface area contributed by atoms with Crippen LogP contribution in [0.15, 0.2) is 65.7 Å². The number of sulfonamides is 1. The summed E-state index contributed by atoms with van der Waals surface area (Å²) < 4.78 is 33.7. The molecule has 174 valence electrons. The molecule has 0 radical (unpaired) electrons. The van der Waals surface area contributed by atoms with Crippen molar-refractivity contribution in [3.63, 3.8) is 0 Å². The maximum Gasteiger partial charge on any atom is 0.262 e. The number of carbonyl (C=O) groups is 1. The van der Waals surface area contributed by atoms with E-state index < -0.39 is 10.0 Å². The number of carbonyl (C=O) groups excluding carboxylic acids is 1. The molecule has 7 nitrogen and oxygen atoms in total. The number of hydrogen-bond acceptors (Lipinski definition) is 5. The number of aromatic nitrogens is 1. The van der Waals surface area contributed by atoms with Crippen LogP contribution < -0.4 is 14.8 Å². The lowest BCUT2D eigenvalue weighted by Gasteiger charge is -2.11. The van der Waals surface area contributed by atoms with Gasteiger partial charge in [-0.3, -0.25) is 9.52 Å². The SMILES string of the molecule is CCCCCNC(=O)c1ccc(Oc2ccc(NS(=O)(=O)c3cc(C)ccc3C)cn2)cc1. The lowest BCUT2D eigenvalue weighted by Crippen LogP contribution is -2.24. The molecule has 33 heavy (non-hydrogen) atoms. The van der Waals surface area contributed by atoms with Crippen LogP contribution in [0.2, 0.25) is 0 Å². The minimum absolute atomic E-state index is 0.115. The molecule has 1 aromatic heterocycles. The van der Waals surface area contributed by atoms with Gasteiger partial charge in [-0.25, -0.2) is 13.4 Å². The van der Waals surface area contributed by atoms with Gasteiger partial charge in [-0.2, -0.15) is 0 Å². The van der Waals surface area contributed by atoms with Crippen molar-refractivity contribution in [3.05, 3.63) is 77.5 Å². The predicted molar refractivity (Wildman–Crippen MR) is 129 cm³/mol. The van der Waals surface area contributed by atoms with Crippen LogP contribution in [0.4, 0.5) is 5.69 Å². The lowest BCUT2D eigenvalue weighted by molar-refractivity contribution is 0.0953. The molecule has 0 unspecified atom stereocenters. The summed E-state index contributed by atoms with van der Waals surface area (Å²) in [5.41, 5.74) is 2.42. The molecule has 2 N–H and O–H groups in total. The van der Waals surface area contributed by atoms with Crippen LogP contribution in [0.25, 0.3) is 0 Å².